The summed E-state index contributed by atoms with van der Waals surface area (Å²) in [7, 11) is 6.81. The number of hydrogen-bond donors (Lipinski definition) is 1. The van der Waals surface area contributed by atoms with Crippen LogP contribution in [0.15, 0.2) is 54.1 Å². The van der Waals surface area contributed by atoms with Crippen molar-refractivity contribution in [3.63, 3.8) is 0 Å². The highest BCUT2D eigenvalue weighted by atomic mass is 16.5. The molecule has 0 bridgehead atoms. The molecule has 30 heavy (non-hydrogen) atoms. The Bertz CT molecular complexity index is 969. The minimum absolute atomic E-state index is 0.0384. The lowest BCUT2D eigenvalue weighted by Crippen LogP contribution is -2.35. The van der Waals surface area contributed by atoms with Gasteiger partial charge in [0.1, 0.15) is 5.76 Å². The minimum Gasteiger partial charge on any atom is -0.507 e. The first kappa shape index (κ1) is 21.4. The van der Waals surface area contributed by atoms with Gasteiger partial charge >= 0.3 is 0 Å². The van der Waals surface area contributed by atoms with Crippen molar-refractivity contribution < 1.29 is 24.2 Å². The summed E-state index contributed by atoms with van der Waals surface area (Å²) in [6.07, 6.45) is 0. The molecule has 1 fully saturated rings. The number of likely N-dealkylation sites (tertiary alicyclic amines) is 1. The number of ether oxygens (including phenoxy) is 2. The summed E-state index contributed by atoms with van der Waals surface area (Å²) in [5.74, 6) is -0.681. The number of para-hydroxylation sites is 1. The number of ketones is 1. The number of likely N-dealkylation sites (N-methyl/N-ethyl adjacent to an activating group) is 1. The lowest BCUT2D eigenvalue weighted by molar-refractivity contribution is -0.140. The molecule has 1 atom stereocenters. The van der Waals surface area contributed by atoms with Crippen molar-refractivity contribution in [3.05, 3.63) is 65.2 Å². The maximum atomic E-state index is 13.0. The van der Waals surface area contributed by atoms with Crippen molar-refractivity contribution in [1.82, 2.24) is 9.80 Å². The zero-order valence-corrected chi connectivity index (χ0v) is 17.6. The average Bonchev–Trinajstić information content (AvgIpc) is 3.01. The Balaban J connectivity index is 2.23. The molecule has 1 amide bonds. The van der Waals surface area contributed by atoms with Crippen LogP contribution in [0.3, 0.4) is 0 Å². The van der Waals surface area contributed by atoms with Crippen molar-refractivity contribution >= 4 is 17.4 Å². The monoisotopic (exact) mass is 410 g/mol. The van der Waals surface area contributed by atoms with E-state index < -0.39 is 17.7 Å². The molecule has 0 aromatic heterocycles. The topological polar surface area (TPSA) is 79.3 Å². The van der Waals surface area contributed by atoms with E-state index in [0.717, 1.165) is 0 Å². The molecule has 1 N–H and O–H groups in total. The molecule has 0 radical (unpaired) electrons. The summed E-state index contributed by atoms with van der Waals surface area (Å²) >= 11 is 0. The van der Waals surface area contributed by atoms with Crippen LogP contribution >= 0.6 is 0 Å². The molecule has 0 unspecified atom stereocenters. The number of methoxy groups -OCH3 is 2. The van der Waals surface area contributed by atoms with Gasteiger partial charge in [-0.3, -0.25) is 9.59 Å². The first-order chi connectivity index (χ1) is 14.4. The molecular formula is C23H26N2O5. The predicted molar refractivity (Wildman–Crippen MR) is 114 cm³/mol. The van der Waals surface area contributed by atoms with Crippen LogP contribution in [0.25, 0.3) is 5.76 Å². The number of amides is 1. The standard InChI is InChI=1S/C23H26N2O5/c1-24(2)13-14-25-19(16-11-8-12-17(29-3)22(16)30-4)18(21(27)23(25)28)20(26)15-9-6-5-7-10-15/h5-12,19,26H,13-14H2,1-4H3/t19-/m0/s1. The van der Waals surface area contributed by atoms with E-state index in [4.69, 9.17) is 9.47 Å². The third-order valence-corrected chi connectivity index (χ3v) is 5.10. The molecule has 0 aliphatic carbocycles. The summed E-state index contributed by atoms with van der Waals surface area (Å²) in [4.78, 5) is 29.4. The zero-order chi connectivity index (χ0) is 21.8. The van der Waals surface area contributed by atoms with E-state index in [1.165, 1.54) is 19.1 Å². The van der Waals surface area contributed by atoms with E-state index >= 15 is 0 Å². The highest BCUT2D eigenvalue weighted by Gasteiger charge is 2.47. The van der Waals surface area contributed by atoms with Gasteiger partial charge < -0.3 is 24.4 Å². The predicted octanol–water partition coefficient (Wildman–Crippen LogP) is 2.69. The number of nitrogens with zero attached hydrogens (tertiary/aromatic N) is 2. The summed E-state index contributed by atoms with van der Waals surface area (Å²) < 4.78 is 11.0. The van der Waals surface area contributed by atoms with Gasteiger partial charge in [0, 0.05) is 24.2 Å². The van der Waals surface area contributed by atoms with Gasteiger partial charge in [0.15, 0.2) is 11.5 Å². The summed E-state index contributed by atoms with van der Waals surface area (Å²) in [6, 6.07) is 13.2. The minimum atomic E-state index is -0.796. The van der Waals surface area contributed by atoms with Crippen LogP contribution in [0.2, 0.25) is 0 Å². The fourth-order valence-electron chi connectivity index (χ4n) is 3.62. The second-order valence-corrected chi connectivity index (χ2v) is 7.24. The molecule has 1 heterocycles. The van der Waals surface area contributed by atoms with Crippen molar-refractivity contribution in [1.29, 1.82) is 0 Å². The second-order valence-electron chi connectivity index (χ2n) is 7.24. The lowest BCUT2D eigenvalue weighted by Gasteiger charge is -2.28. The van der Waals surface area contributed by atoms with E-state index in [2.05, 4.69) is 0 Å². The molecular weight excluding hydrogens is 384 g/mol. The Morgan fingerprint density at radius 3 is 2.33 bits per heavy atom. The second kappa shape index (κ2) is 9.00. The molecule has 0 saturated carbocycles. The van der Waals surface area contributed by atoms with Crippen molar-refractivity contribution in [2.75, 3.05) is 41.4 Å². The molecule has 1 aliphatic heterocycles. The first-order valence-electron chi connectivity index (χ1n) is 9.60. The molecule has 158 valence electrons. The molecule has 1 aliphatic rings. The molecule has 1 saturated heterocycles. The Morgan fingerprint density at radius 1 is 1.03 bits per heavy atom. The first-order valence-corrected chi connectivity index (χ1v) is 9.60. The summed E-state index contributed by atoms with van der Waals surface area (Å²) in [5.41, 5.74) is 1.08. The Morgan fingerprint density at radius 2 is 1.73 bits per heavy atom. The van der Waals surface area contributed by atoms with Gasteiger partial charge in [-0.2, -0.15) is 0 Å². The van der Waals surface area contributed by atoms with E-state index in [9.17, 15) is 14.7 Å². The molecule has 0 spiro atoms. The van der Waals surface area contributed by atoms with Crippen LogP contribution in [0.5, 0.6) is 11.5 Å². The maximum absolute atomic E-state index is 13.0. The molecule has 2 aromatic rings. The van der Waals surface area contributed by atoms with Crippen molar-refractivity contribution in [3.8, 4) is 11.5 Å². The number of carbonyl (C=O) groups excluding carboxylic acids is 2. The quantitative estimate of drug-likeness (QED) is 0.430. The number of Topliss-reactive ketones (excluding diaryl/α,β-unsaturated/α-hetero) is 1. The van der Waals surface area contributed by atoms with Gasteiger partial charge in [0.05, 0.1) is 25.8 Å². The smallest absolute Gasteiger partial charge is 0.295 e. The lowest BCUT2D eigenvalue weighted by atomic mass is 9.94. The normalized spacial score (nSPS) is 18.2. The molecule has 3 rings (SSSR count). The number of carbonyl (C=O) groups is 2. The van der Waals surface area contributed by atoms with Gasteiger partial charge in [-0.15, -0.1) is 0 Å². The molecule has 7 heteroatoms. The van der Waals surface area contributed by atoms with E-state index in [1.54, 1.807) is 42.5 Å². The van der Waals surface area contributed by atoms with Crippen LogP contribution in [0.1, 0.15) is 17.2 Å². The van der Waals surface area contributed by atoms with Crippen LogP contribution in [-0.4, -0.2) is 68.0 Å². The number of aliphatic hydroxyl groups is 1. The summed E-state index contributed by atoms with van der Waals surface area (Å²) in [5, 5.41) is 11.0. The Kier molecular flexibility index (Phi) is 6.42. The zero-order valence-electron chi connectivity index (χ0n) is 17.6. The molecule has 2 aromatic carbocycles. The fraction of sp³-hybridized carbons (Fsp3) is 0.304. The summed E-state index contributed by atoms with van der Waals surface area (Å²) in [6.45, 7) is 0.870. The highest BCUT2D eigenvalue weighted by molar-refractivity contribution is 6.46. The number of hydrogen-bond acceptors (Lipinski definition) is 6. The fourth-order valence-corrected chi connectivity index (χ4v) is 3.62. The van der Waals surface area contributed by atoms with Gasteiger partial charge in [-0.1, -0.05) is 42.5 Å². The van der Waals surface area contributed by atoms with Crippen LogP contribution in [0.4, 0.5) is 0 Å². The van der Waals surface area contributed by atoms with E-state index in [1.807, 2.05) is 25.1 Å². The Hall–Kier alpha value is -3.32. The van der Waals surface area contributed by atoms with Crippen LogP contribution in [0, 0.1) is 0 Å². The van der Waals surface area contributed by atoms with E-state index in [0.29, 0.717) is 35.7 Å². The van der Waals surface area contributed by atoms with E-state index in [-0.39, 0.29) is 11.3 Å². The maximum Gasteiger partial charge on any atom is 0.295 e. The SMILES string of the molecule is COc1cccc([C@H]2C(=C(O)c3ccccc3)C(=O)C(=O)N2CCN(C)C)c1OC. The van der Waals surface area contributed by atoms with Crippen molar-refractivity contribution in [2.45, 2.75) is 6.04 Å². The highest BCUT2D eigenvalue weighted by Crippen LogP contribution is 2.45. The van der Waals surface area contributed by atoms with Gasteiger partial charge in [0.2, 0.25) is 0 Å². The average molecular weight is 410 g/mol. The largest absolute Gasteiger partial charge is 0.507 e. The third kappa shape index (κ3) is 3.89. The third-order valence-electron chi connectivity index (χ3n) is 5.10. The number of aliphatic hydroxyl groups excluding tert-OH is 1. The number of rotatable bonds is 7. The molecule has 7 nitrogen and oxygen atoms in total. The van der Waals surface area contributed by atoms with Gasteiger partial charge in [-0.05, 0) is 20.2 Å². The van der Waals surface area contributed by atoms with Crippen LogP contribution < -0.4 is 9.47 Å². The Labute approximate surface area is 176 Å². The number of benzene rings is 2. The van der Waals surface area contributed by atoms with Gasteiger partial charge in [0.25, 0.3) is 11.7 Å². The van der Waals surface area contributed by atoms with Gasteiger partial charge in [-0.25, -0.2) is 0 Å². The van der Waals surface area contributed by atoms with Crippen LogP contribution in [-0.2, 0) is 9.59 Å². The van der Waals surface area contributed by atoms with Crippen molar-refractivity contribution in [2.24, 2.45) is 0 Å².